The zero-order chi connectivity index (χ0) is 21.3. The highest BCUT2D eigenvalue weighted by Gasteiger charge is 2.20. The first-order valence-electron chi connectivity index (χ1n) is 9.88. The Labute approximate surface area is 174 Å². The van der Waals surface area contributed by atoms with E-state index >= 15 is 0 Å². The highest BCUT2D eigenvalue weighted by molar-refractivity contribution is 5.90. The predicted molar refractivity (Wildman–Crippen MR) is 116 cm³/mol. The minimum absolute atomic E-state index is 0.256. The standard InChI is InChI=1S/C23H23N5O2/c1-4-19(17-8-6-5-7-9-17)22(29)26-27-14-24-21-20(23(27)30)13-25-28(21)18-11-10-15(2)16(3)12-18/h5-14,19H,4H2,1-3H3,(H,26,29). The lowest BCUT2D eigenvalue weighted by atomic mass is 9.96. The maximum Gasteiger partial charge on any atom is 0.283 e. The van der Waals surface area contributed by atoms with Crippen LogP contribution in [0.5, 0.6) is 0 Å². The van der Waals surface area contributed by atoms with Gasteiger partial charge in [-0.1, -0.05) is 43.3 Å². The molecule has 2 aromatic carbocycles. The van der Waals surface area contributed by atoms with E-state index in [2.05, 4.69) is 15.5 Å². The van der Waals surface area contributed by atoms with Gasteiger partial charge >= 0.3 is 0 Å². The summed E-state index contributed by atoms with van der Waals surface area (Å²) >= 11 is 0. The normalized spacial score (nSPS) is 12.1. The number of aromatic nitrogens is 4. The lowest BCUT2D eigenvalue weighted by Gasteiger charge is -2.16. The van der Waals surface area contributed by atoms with Gasteiger partial charge in [0.05, 0.1) is 17.8 Å². The van der Waals surface area contributed by atoms with Gasteiger partial charge in [-0.15, -0.1) is 0 Å². The van der Waals surface area contributed by atoms with Crippen LogP contribution in [0.1, 0.15) is 36.0 Å². The van der Waals surface area contributed by atoms with Gasteiger partial charge < -0.3 is 0 Å². The van der Waals surface area contributed by atoms with Crippen LogP contribution in [0.2, 0.25) is 0 Å². The summed E-state index contributed by atoms with van der Waals surface area (Å²) in [6, 6.07) is 15.5. The summed E-state index contributed by atoms with van der Waals surface area (Å²) in [6.07, 6.45) is 3.43. The SMILES string of the molecule is CCC(C(=O)Nn1cnc2c(cnn2-c2ccc(C)c(C)c2)c1=O)c1ccccc1. The van der Waals surface area contributed by atoms with E-state index in [0.717, 1.165) is 21.5 Å². The van der Waals surface area contributed by atoms with Gasteiger partial charge in [-0.3, -0.25) is 15.0 Å². The van der Waals surface area contributed by atoms with Crippen LogP contribution in [0.25, 0.3) is 16.7 Å². The van der Waals surface area contributed by atoms with E-state index in [4.69, 9.17) is 0 Å². The number of carbonyl (C=O) groups excluding carboxylic acids is 1. The molecule has 2 aromatic heterocycles. The van der Waals surface area contributed by atoms with Gasteiger partial charge in [0, 0.05) is 0 Å². The van der Waals surface area contributed by atoms with Crippen molar-refractivity contribution in [3.8, 4) is 5.69 Å². The van der Waals surface area contributed by atoms with Crippen LogP contribution >= 0.6 is 0 Å². The first-order valence-corrected chi connectivity index (χ1v) is 9.88. The van der Waals surface area contributed by atoms with Gasteiger partial charge in [0.15, 0.2) is 5.65 Å². The maximum atomic E-state index is 12.9. The molecule has 0 spiro atoms. The molecule has 0 saturated carbocycles. The second kappa shape index (κ2) is 7.94. The average Bonchev–Trinajstić information content (AvgIpc) is 3.18. The summed E-state index contributed by atoms with van der Waals surface area (Å²) in [7, 11) is 0. The number of rotatable bonds is 5. The number of fused-ring (bicyclic) bond motifs is 1. The smallest absolute Gasteiger partial charge is 0.273 e. The van der Waals surface area contributed by atoms with Crippen molar-refractivity contribution >= 4 is 16.9 Å². The Balaban J connectivity index is 1.67. The number of amides is 1. The molecule has 1 amide bonds. The molecule has 1 unspecified atom stereocenters. The second-order valence-corrected chi connectivity index (χ2v) is 7.33. The summed E-state index contributed by atoms with van der Waals surface area (Å²) < 4.78 is 2.76. The lowest BCUT2D eigenvalue weighted by molar-refractivity contribution is -0.118. The van der Waals surface area contributed by atoms with Gasteiger partial charge in [0.1, 0.15) is 11.7 Å². The number of nitrogens with zero attached hydrogens (tertiary/aromatic N) is 4. The predicted octanol–water partition coefficient (Wildman–Crippen LogP) is 3.46. The van der Waals surface area contributed by atoms with Gasteiger partial charge in [-0.2, -0.15) is 5.10 Å². The summed E-state index contributed by atoms with van der Waals surface area (Å²) in [6.45, 7) is 6.01. The van der Waals surface area contributed by atoms with Crippen molar-refractivity contribution in [2.45, 2.75) is 33.1 Å². The van der Waals surface area contributed by atoms with E-state index in [1.165, 1.54) is 18.1 Å². The molecule has 1 N–H and O–H groups in total. The molecule has 0 radical (unpaired) electrons. The molecular weight excluding hydrogens is 378 g/mol. The highest BCUT2D eigenvalue weighted by Crippen LogP contribution is 2.20. The third-order valence-electron chi connectivity index (χ3n) is 5.38. The minimum atomic E-state index is -0.369. The van der Waals surface area contributed by atoms with E-state index in [-0.39, 0.29) is 17.4 Å². The molecule has 2 heterocycles. The third-order valence-corrected chi connectivity index (χ3v) is 5.38. The minimum Gasteiger partial charge on any atom is -0.273 e. The summed E-state index contributed by atoms with van der Waals surface area (Å²) in [5.74, 6) is -0.611. The quantitative estimate of drug-likeness (QED) is 0.555. The third kappa shape index (κ3) is 3.50. The molecule has 0 aliphatic rings. The van der Waals surface area contributed by atoms with Crippen LogP contribution < -0.4 is 11.0 Å². The maximum absolute atomic E-state index is 12.9. The van der Waals surface area contributed by atoms with Crippen molar-refractivity contribution in [1.29, 1.82) is 0 Å². The van der Waals surface area contributed by atoms with Crippen LogP contribution in [0, 0.1) is 13.8 Å². The molecule has 0 saturated heterocycles. The number of aryl methyl sites for hydroxylation is 2. The average molecular weight is 401 g/mol. The van der Waals surface area contributed by atoms with Crippen LogP contribution in [0.4, 0.5) is 0 Å². The highest BCUT2D eigenvalue weighted by atomic mass is 16.2. The Bertz CT molecular complexity index is 1270. The molecule has 0 fully saturated rings. The second-order valence-electron chi connectivity index (χ2n) is 7.33. The van der Waals surface area contributed by atoms with Crippen molar-refractivity contribution in [2.75, 3.05) is 5.43 Å². The molecule has 30 heavy (non-hydrogen) atoms. The Morgan fingerprint density at radius 3 is 2.57 bits per heavy atom. The van der Waals surface area contributed by atoms with Crippen molar-refractivity contribution in [3.05, 3.63) is 88.1 Å². The molecule has 0 aliphatic carbocycles. The van der Waals surface area contributed by atoms with Crippen molar-refractivity contribution < 1.29 is 4.79 Å². The van der Waals surface area contributed by atoms with Gasteiger partial charge in [0.25, 0.3) is 5.56 Å². The molecule has 7 heteroatoms. The zero-order valence-electron chi connectivity index (χ0n) is 17.2. The fourth-order valence-electron chi connectivity index (χ4n) is 3.49. The summed E-state index contributed by atoms with van der Waals surface area (Å²) in [5, 5.41) is 4.68. The topological polar surface area (TPSA) is 81.8 Å². The van der Waals surface area contributed by atoms with E-state index < -0.39 is 0 Å². The van der Waals surface area contributed by atoms with Gasteiger partial charge in [-0.25, -0.2) is 14.3 Å². The molecule has 4 aromatic rings. The first kappa shape index (κ1) is 19.6. The molecule has 4 rings (SSSR count). The summed E-state index contributed by atoms with van der Waals surface area (Å²) in [5.41, 5.74) is 6.80. The van der Waals surface area contributed by atoms with Crippen LogP contribution in [-0.4, -0.2) is 25.3 Å². The van der Waals surface area contributed by atoms with E-state index in [1.54, 1.807) is 4.68 Å². The largest absolute Gasteiger partial charge is 0.283 e. The number of hydrogen-bond acceptors (Lipinski definition) is 4. The van der Waals surface area contributed by atoms with Crippen molar-refractivity contribution in [3.63, 3.8) is 0 Å². The number of hydrogen-bond donors (Lipinski definition) is 1. The van der Waals surface area contributed by atoms with E-state index in [9.17, 15) is 9.59 Å². The van der Waals surface area contributed by atoms with E-state index in [1.807, 2.05) is 69.3 Å². The van der Waals surface area contributed by atoms with Gasteiger partial charge in [-0.05, 0) is 49.1 Å². The molecule has 7 nitrogen and oxygen atoms in total. The Kier molecular flexibility index (Phi) is 5.18. The Morgan fingerprint density at radius 1 is 1.10 bits per heavy atom. The summed E-state index contributed by atoms with van der Waals surface area (Å²) in [4.78, 5) is 30.1. The lowest BCUT2D eigenvalue weighted by Crippen LogP contribution is -2.35. The van der Waals surface area contributed by atoms with Crippen LogP contribution in [-0.2, 0) is 4.79 Å². The van der Waals surface area contributed by atoms with Crippen molar-refractivity contribution in [1.82, 2.24) is 19.4 Å². The molecule has 0 aliphatic heterocycles. The van der Waals surface area contributed by atoms with Crippen LogP contribution in [0.15, 0.2) is 65.8 Å². The molecule has 1 atom stereocenters. The number of carbonyl (C=O) groups is 1. The molecule has 152 valence electrons. The fourth-order valence-corrected chi connectivity index (χ4v) is 3.49. The van der Waals surface area contributed by atoms with Gasteiger partial charge in [0.2, 0.25) is 5.91 Å². The van der Waals surface area contributed by atoms with E-state index in [0.29, 0.717) is 17.5 Å². The monoisotopic (exact) mass is 401 g/mol. The molecular formula is C23H23N5O2. The van der Waals surface area contributed by atoms with Crippen molar-refractivity contribution in [2.24, 2.45) is 0 Å². The Hall–Kier alpha value is -3.74. The zero-order valence-corrected chi connectivity index (χ0v) is 17.2. The number of nitrogens with one attached hydrogen (secondary N) is 1. The Morgan fingerprint density at radius 2 is 1.87 bits per heavy atom. The van der Waals surface area contributed by atoms with Crippen LogP contribution in [0.3, 0.4) is 0 Å². The fraction of sp³-hybridized carbons (Fsp3) is 0.217. The number of benzene rings is 2. The molecule has 0 bridgehead atoms. The first-order chi connectivity index (χ1) is 14.5.